The number of hydrogen-bond acceptors (Lipinski definition) is 2. The Morgan fingerprint density at radius 2 is 2.00 bits per heavy atom. The number of aryl methyl sites for hydroxylation is 1. The van der Waals surface area contributed by atoms with E-state index < -0.39 is 17.7 Å². The third-order valence-electron chi connectivity index (χ3n) is 2.21. The van der Waals surface area contributed by atoms with Crippen LogP contribution in [-0.4, -0.2) is 13.1 Å². The van der Waals surface area contributed by atoms with Crippen molar-refractivity contribution in [2.45, 2.75) is 13.1 Å². The first-order chi connectivity index (χ1) is 7.84. The number of ether oxygens (including phenoxy) is 1. The molecule has 0 aliphatic heterocycles. The van der Waals surface area contributed by atoms with Crippen LogP contribution in [0.2, 0.25) is 0 Å². The summed E-state index contributed by atoms with van der Waals surface area (Å²) < 4.78 is 41.7. The first-order valence-electron chi connectivity index (χ1n) is 4.78. The number of methoxy groups -OCH3 is 1. The second-order valence-electron chi connectivity index (χ2n) is 3.43. The lowest BCUT2D eigenvalue weighted by Crippen LogP contribution is -2.05. The molecule has 17 heavy (non-hydrogen) atoms. The SMILES string of the molecule is COC(=O)C=Cc1cc(C(F)(F)F)ccc1C. The smallest absolute Gasteiger partial charge is 0.416 e. The molecule has 0 atom stereocenters. The van der Waals surface area contributed by atoms with Gasteiger partial charge in [0, 0.05) is 6.08 Å². The van der Waals surface area contributed by atoms with Crippen molar-refractivity contribution < 1.29 is 22.7 Å². The van der Waals surface area contributed by atoms with Crippen LogP contribution in [-0.2, 0) is 15.7 Å². The Bertz CT molecular complexity index is 448. The van der Waals surface area contributed by atoms with Crippen LogP contribution in [0.25, 0.3) is 6.08 Å². The predicted octanol–water partition coefficient (Wildman–Crippen LogP) is 3.20. The minimum absolute atomic E-state index is 0.338. The molecule has 1 aromatic rings. The fourth-order valence-corrected chi connectivity index (χ4v) is 1.22. The summed E-state index contributed by atoms with van der Waals surface area (Å²) in [5, 5.41) is 0. The summed E-state index contributed by atoms with van der Waals surface area (Å²) in [4.78, 5) is 10.8. The molecule has 2 nitrogen and oxygen atoms in total. The van der Waals surface area contributed by atoms with Crippen LogP contribution in [0.1, 0.15) is 16.7 Å². The molecule has 0 fully saturated rings. The van der Waals surface area contributed by atoms with Crippen LogP contribution in [0.5, 0.6) is 0 Å². The quantitative estimate of drug-likeness (QED) is 0.590. The number of esters is 1. The van der Waals surface area contributed by atoms with Gasteiger partial charge in [0.15, 0.2) is 0 Å². The number of hydrogen-bond donors (Lipinski definition) is 0. The molecule has 92 valence electrons. The summed E-state index contributed by atoms with van der Waals surface area (Å²) >= 11 is 0. The molecule has 1 aromatic carbocycles. The fourth-order valence-electron chi connectivity index (χ4n) is 1.22. The summed E-state index contributed by atoms with van der Waals surface area (Å²) in [5.41, 5.74) is 0.246. The van der Waals surface area contributed by atoms with Gasteiger partial charge in [0.2, 0.25) is 0 Å². The minimum atomic E-state index is -4.39. The van der Waals surface area contributed by atoms with Crippen LogP contribution in [0.3, 0.4) is 0 Å². The van der Waals surface area contributed by atoms with E-state index in [4.69, 9.17) is 0 Å². The van der Waals surface area contributed by atoms with E-state index in [1.54, 1.807) is 6.92 Å². The predicted molar refractivity (Wildman–Crippen MR) is 57.2 cm³/mol. The van der Waals surface area contributed by atoms with Crippen molar-refractivity contribution >= 4 is 12.0 Å². The molecule has 0 aromatic heterocycles. The van der Waals surface area contributed by atoms with Crippen molar-refractivity contribution in [3.8, 4) is 0 Å². The standard InChI is InChI=1S/C12H11F3O2/c1-8-3-5-10(12(13,14)15)7-9(8)4-6-11(16)17-2/h3-7H,1-2H3. The lowest BCUT2D eigenvalue weighted by molar-refractivity contribution is -0.137. The Morgan fingerprint density at radius 3 is 2.53 bits per heavy atom. The lowest BCUT2D eigenvalue weighted by atomic mass is 10.0. The largest absolute Gasteiger partial charge is 0.466 e. The van der Waals surface area contributed by atoms with E-state index in [0.29, 0.717) is 11.1 Å². The van der Waals surface area contributed by atoms with E-state index in [9.17, 15) is 18.0 Å². The van der Waals surface area contributed by atoms with Gasteiger partial charge < -0.3 is 4.74 Å². The lowest BCUT2D eigenvalue weighted by Gasteiger charge is -2.08. The third kappa shape index (κ3) is 3.62. The Hall–Kier alpha value is -1.78. The van der Waals surface area contributed by atoms with Crippen molar-refractivity contribution in [3.63, 3.8) is 0 Å². The highest BCUT2D eigenvalue weighted by Crippen LogP contribution is 2.30. The maximum Gasteiger partial charge on any atom is 0.416 e. The molecule has 0 N–H and O–H groups in total. The number of rotatable bonds is 2. The maximum atomic E-state index is 12.4. The molecular formula is C12H11F3O2. The van der Waals surface area contributed by atoms with E-state index >= 15 is 0 Å². The molecule has 0 spiro atoms. The Labute approximate surface area is 96.7 Å². The molecule has 0 bridgehead atoms. The Morgan fingerprint density at radius 1 is 1.35 bits per heavy atom. The van der Waals surface area contributed by atoms with E-state index in [-0.39, 0.29) is 0 Å². The highest BCUT2D eigenvalue weighted by molar-refractivity contribution is 5.87. The van der Waals surface area contributed by atoms with Crippen molar-refractivity contribution in [2.24, 2.45) is 0 Å². The molecule has 0 aliphatic rings. The van der Waals surface area contributed by atoms with E-state index in [0.717, 1.165) is 18.2 Å². The average Bonchev–Trinajstić information content (AvgIpc) is 2.26. The maximum absolute atomic E-state index is 12.4. The molecule has 0 saturated carbocycles. The van der Waals surface area contributed by atoms with Gasteiger partial charge in [0.05, 0.1) is 12.7 Å². The van der Waals surface area contributed by atoms with Crippen LogP contribution >= 0.6 is 0 Å². The highest BCUT2D eigenvalue weighted by atomic mass is 19.4. The number of carbonyl (C=O) groups is 1. The number of alkyl halides is 3. The molecular weight excluding hydrogens is 233 g/mol. The molecule has 0 amide bonds. The van der Waals surface area contributed by atoms with Crippen LogP contribution in [0.15, 0.2) is 24.3 Å². The molecule has 0 saturated heterocycles. The summed E-state index contributed by atoms with van der Waals surface area (Å²) in [7, 11) is 1.20. The third-order valence-corrected chi connectivity index (χ3v) is 2.21. The van der Waals surface area contributed by atoms with Crippen molar-refractivity contribution in [2.75, 3.05) is 7.11 Å². The summed E-state index contributed by atoms with van der Waals surface area (Å²) in [6.45, 7) is 1.66. The van der Waals surface area contributed by atoms with Gasteiger partial charge in [-0.3, -0.25) is 0 Å². The second kappa shape index (κ2) is 5.03. The molecule has 5 heteroatoms. The number of benzene rings is 1. The highest BCUT2D eigenvalue weighted by Gasteiger charge is 2.30. The second-order valence-corrected chi connectivity index (χ2v) is 3.43. The van der Waals surface area contributed by atoms with Gasteiger partial charge in [-0.05, 0) is 36.3 Å². The van der Waals surface area contributed by atoms with Gasteiger partial charge in [0.25, 0.3) is 0 Å². The topological polar surface area (TPSA) is 26.3 Å². The van der Waals surface area contributed by atoms with Crippen molar-refractivity contribution in [1.82, 2.24) is 0 Å². The number of carbonyl (C=O) groups excluding carboxylic acids is 1. The molecule has 1 rings (SSSR count). The monoisotopic (exact) mass is 244 g/mol. The van der Waals surface area contributed by atoms with Crippen LogP contribution < -0.4 is 0 Å². The van der Waals surface area contributed by atoms with E-state index in [1.807, 2.05) is 0 Å². The van der Waals surface area contributed by atoms with Gasteiger partial charge in [-0.15, -0.1) is 0 Å². The first kappa shape index (κ1) is 13.3. The van der Waals surface area contributed by atoms with Crippen molar-refractivity contribution in [3.05, 3.63) is 41.0 Å². The van der Waals surface area contributed by atoms with Gasteiger partial charge in [0.1, 0.15) is 0 Å². The van der Waals surface area contributed by atoms with Crippen LogP contribution in [0, 0.1) is 6.92 Å². The average molecular weight is 244 g/mol. The van der Waals surface area contributed by atoms with Gasteiger partial charge >= 0.3 is 12.1 Å². The van der Waals surface area contributed by atoms with E-state index in [1.165, 1.54) is 19.3 Å². The Balaban J connectivity index is 3.07. The van der Waals surface area contributed by atoms with Crippen LogP contribution in [0.4, 0.5) is 13.2 Å². The summed E-state index contributed by atoms with van der Waals surface area (Å²) in [5.74, 6) is -0.609. The summed E-state index contributed by atoms with van der Waals surface area (Å²) in [6.07, 6.45) is -2.00. The zero-order chi connectivity index (χ0) is 13.1. The molecule has 0 aliphatic carbocycles. The van der Waals surface area contributed by atoms with E-state index in [2.05, 4.69) is 4.74 Å². The zero-order valence-electron chi connectivity index (χ0n) is 9.34. The normalized spacial score (nSPS) is 11.8. The fraction of sp³-hybridized carbons (Fsp3) is 0.250. The molecule has 0 heterocycles. The van der Waals surface area contributed by atoms with Gasteiger partial charge in [-0.25, -0.2) is 4.79 Å². The zero-order valence-corrected chi connectivity index (χ0v) is 9.34. The van der Waals surface area contributed by atoms with Gasteiger partial charge in [-0.1, -0.05) is 6.07 Å². The molecule has 0 unspecified atom stereocenters. The van der Waals surface area contributed by atoms with Crippen molar-refractivity contribution in [1.29, 1.82) is 0 Å². The Kier molecular flexibility index (Phi) is 3.93. The molecule has 0 radical (unpaired) electrons. The van der Waals surface area contributed by atoms with Gasteiger partial charge in [-0.2, -0.15) is 13.2 Å². The first-order valence-corrected chi connectivity index (χ1v) is 4.78. The number of halogens is 3. The minimum Gasteiger partial charge on any atom is -0.466 e. The summed E-state index contributed by atoms with van der Waals surface area (Å²) in [6, 6.07) is 3.36.